The number of methoxy groups -OCH3 is 1. The number of benzene rings is 3. The van der Waals surface area contributed by atoms with Crippen LogP contribution in [0.2, 0.25) is 0 Å². The third kappa shape index (κ3) is 7.85. The zero-order valence-electron chi connectivity index (χ0n) is 24.0. The number of hydrogen-bond donors (Lipinski definition) is 1. The monoisotopic (exact) mass is 565 g/mol. The number of amides is 2. The van der Waals surface area contributed by atoms with E-state index in [1.54, 1.807) is 43.3 Å². The highest BCUT2D eigenvalue weighted by atomic mass is 32.2. The van der Waals surface area contributed by atoms with Crippen LogP contribution in [-0.2, 0) is 26.2 Å². The Balaban J connectivity index is 2.00. The highest BCUT2D eigenvalue weighted by Crippen LogP contribution is 2.26. The first-order chi connectivity index (χ1) is 18.9. The Hall–Kier alpha value is -3.85. The van der Waals surface area contributed by atoms with Crippen molar-refractivity contribution in [2.45, 2.75) is 52.1 Å². The summed E-state index contributed by atoms with van der Waals surface area (Å²) in [4.78, 5) is 28.5. The van der Waals surface area contributed by atoms with Crippen LogP contribution in [-0.4, -0.2) is 51.4 Å². The molecule has 2 amide bonds. The van der Waals surface area contributed by atoms with Crippen molar-refractivity contribution in [3.05, 3.63) is 89.5 Å². The number of sulfonamides is 1. The van der Waals surface area contributed by atoms with Crippen LogP contribution < -0.4 is 14.4 Å². The minimum atomic E-state index is -4.14. The molecular weight excluding hydrogens is 526 g/mol. The Morgan fingerprint density at radius 3 is 1.93 bits per heavy atom. The molecule has 0 fully saturated rings. The molecule has 3 rings (SSSR count). The molecule has 0 aromatic heterocycles. The van der Waals surface area contributed by atoms with Gasteiger partial charge in [0.25, 0.3) is 10.0 Å². The molecule has 8 nitrogen and oxygen atoms in total. The van der Waals surface area contributed by atoms with Gasteiger partial charge in [0, 0.05) is 13.1 Å². The van der Waals surface area contributed by atoms with Gasteiger partial charge in [-0.25, -0.2) is 8.42 Å². The first-order valence-electron chi connectivity index (χ1n) is 13.3. The van der Waals surface area contributed by atoms with E-state index in [0.29, 0.717) is 18.0 Å². The Morgan fingerprint density at radius 2 is 1.40 bits per heavy atom. The maximum Gasteiger partial charge on any atom is 0.264 e. The van der Waals surface area contributed by atoms with Crippen LogP contribution in [0.3, 0.4) is 0 Å². The fourth-order valence-corrected chi connectivity index (χ4v) is 5.45. The van der Waals surface area contributed by atoms with E-state index < -0.39 is 28.5 Å². The minimum Gasteiger partial charge on any atom is -0.497 e. The van der Waals surface area contributed by atoms with Gasteiger partial charge < -0.3 is 15.0 Å². The number of nitrogens with one attached hydrogen (secondary N) is 1. The van der Waals surface area contributed by atoms with E-state index in [1.165, 1.54) is 24.1 Å². The molecule has 0 heterocycles. The van der Waals surface area contributed by atoms with Crippen LogP contribution in [0, 0.1) is 19.8 Å². The highest BCUT2D eigenvalue weighted by Gasteiger charge is 2.32. The second kappa shape index (κ2) is 13.5. The molecule has 0 aliphatic carbocycles. The molecule has 0 bridgehead atoms. The van der Waals surface area contributed by atoms with Crippen molar-refractivity contribution in [2.75, 3.05) is 24.5 Å². The Morgan fingerprint density at radius 1 is 0.850 bits per heavy atom. The molecule has 0 radical (unpaired) electrons. The first-order valence-corrected chi connectivity index (χ1v) is 14.7. The van der Waals surface area contributed by atoms with E-state index >= 15 is 0 Å². The highest BCUT2D eigenvalue weighted by molar-refractivity contribution is 7.92. The van der Waals surface area contributed by atoms with Crippen LogP contribution in [0.5, 0.6) is 5.75 Å². The molecule has 214 valence electrons. The number of anilines is 1. The molecular formula is C31H39N3O5S. The van der Waals surface area contributed by atoms with Gasteiger partial charge in [-0.05, 0) is 68.7 Å². The van der Waals surface area contributed by atoms with E-state index in [-0.39, 0.29) is 23.3 Å². The van der Waals surface area contributed by atoms with Crippen molar-refractivity contribution < 1.29 is 22.7 Å². The molecule has 1 atom stereocenters. The molecule has 1 unspecified atom stereocenters. The van der Waals surface area contributed by atoms with Crippen molar-refractivity contribution in [1.29, 1.82) is 0 Å². The smallest absolute Gasteiger partial charge is 0.264 e. The predicted octanol–water partition coefficient (Wildman–Crippen LogP) is 4.70. The molecule has 3 aromatic rings. The fourth-order valence-electron chi connectivity index (χ4n) is 4.04. The van der Waals surface area contributed by atoms with Gasteiger partial charge in [0.15, 0.2) is 0 Å². The molecule has 9 heteroatoms. The summed E-state index contributed by atoms with van der Waals surface area (Å²) in [6.07, 6.45) is 0. The van der Waals surface area contributed by atoms with Crippen LogP contribution >= 0.6 is 0 Å². The maximum absolute atomic E-state index is 13.9. The topological polar surface area (TPSA) is 96.0 Å². The zero-order valence-corrected chi connectivity index (χ0v) is 24.9. The summed E-state index contributed by atoms with van der Waals surface area (Å²) in [5.41, 5.74) is 3.21. The first kappa shape index (κ1) is 30.7. The summed E-state index contributed by atoms with van der Waals surface area (Å²) in [6.45, 7) is 9.65. The zero-order chi connectivity index (χ0) is 29.4. The van der Waals surface area contributed by atoms with Crippen molar-refractivity contribution in [1.82, 2.24) is 10.2 Å². The van der Waals surface area contributed by atoms with Crippen molar-refractivity contribution in [3.8, 4) is 5.75 Å². The number of carbonyl (C=O) groups excluding carboxylic acids is 2. The largest absolute Gasteiger partial charge is 0.497 e. The summed E-state index contributed by atoms with van der Waals surface area (Å²) >= 11 is 0. The number of nitrogens with zero attached hydrogens (tertiary/aromatic N) is 2. The number of rotatable bonds is 12. The van der Waals surface area contributed by atoms with Crippen LogP contribution in [0.15, 0.2) is 77.7 Å². The van der Waals surface area contributed by atoms with Crippen LogP contribution in [0.1, 0.15) is 37.5 Å². The van der Waals surface area contributed by atoms with Crippen molar-refractivity contribution in [2.24, 2.45) is 5.92 Å². The third-order valence-corrected chi connectivity index (χ3v) is 8.36. The Kier molecular flexibility index (Phi) is 10.3. The lowest BCUT2D eigenvalue weighted by Crippen LogP contribution is -2.51. The molecule has 40 heavy (non-hydrogen) atoms. The van der Waals surface area contributed by atoms with E-state index in [2.05, 4.69) is 5.32 Å². The Labute approximate surface area is 238 Å². The normalized spacial score (nSPS) is 12.1. The lowest BCUT2D eigenvalue weighted by atomic mass is 10.1. The molecule has 0 saturated carbocycles. The van der Waals surface area contributed by atoms with Gasteiger partial charge in [0.1, 0.15) is 18.3 Å². The standard InChI is InChI=1S/C31H39N3O5S/c1-22(2)19-32-31(36)25(5)33(20-26-11-7-23(3)8-12-26)30(35)21-34(27-13-9-24(4)10-14-27)40(37,38)29-17-15-28(39-6)16-18-29/h7-18,22,25H,19-21H2,1-6H3,(H,32,36). The molecule has 0 saturated heterocycles. The van der Waals surface area contributed by atoms with Crippen molar-refractivity contribution in [3.63, 3.8) is 0 Å². The molecule has 0 aliphatic rings. The fraction of sp³-hybridized carbons (Fsp3) is 0.355. The van der Waals surface area contributed by atoms with E-state index in [0.717, 1.165) is 21.0 Å². The lowest BCUT2D eigenvalue weighted by Gasteiger charge is -2.32. The minimum absolute atomic E-state index is 0.0227. The molecule has 0 spiro atoms. The summed E-state index contributed by atoms with van der Waals surface area (Å²) in [6, 6.07) is 19.8. The lowest BCUT2D eigenvalue weighted by molar-refractivity contribution is -0.139. The van der Waals surface area contributed by atoms with Gasteiger partial charge in [-0.1, -0.05) is 61.4 Å². The van der Waals surface area contributed by atoms with Crippen LogP contribution in [0.4, 0.5) is 5.69 Å². The molecule has 0 aliphatic heterocycles. The summed E-state index contributed by atoms with van der Waals surface area (Å²) in [5.74, 6) is -0.0361. The SMILES string of the molecule is COc1ccc(S(=O)(=O)N(CC(=O)N(Cc2ccc(C)cc2)C(C)C(=O)NCC(C)C)c2ccc(C)cc2)cc1. The van der Waals surface area contributed by atoms with E-state index in [9.17, 15) is 18.0 Å². The van der Waals surface area contributed by atoms with Gasteiger partial charge in [0.2, 0.25) is 11.8 Å². The summed E-state index contributed by atoms with van der Waals surface area (Å²) in [7, 11) is -2.63. The number of carbonyl (C=O) groups is 2. The third-order valence-electron chi connectivity index (χ3n) is 6.57. The second-order valence-corrected chi connectivity index (χ2v) is 12.2. The predicted molar refractivity (Wildman–Crippen MR) is 158 cm³/mol. The summed E-state index contributed by atoms with van der Waals surface area (Å²) in [5, 5.41) is 2.89. The van der Waals surface area contributed by atoms with E-state index in [4.69, 9.17) is 4.74 Å². The second-order valence-electron chi connectivity index (χ2n) is 10.3. The van der Waals surface area contributed by atoms with Gasteiger partial charge in [-0.2, -0.15) is 0 Å². The quantitative estimate of drug-likeness (QED) is 0.344. The number of aryl methyl sites for hydroxylation is 2. The van der Waals surface area contributed by atoms with Gasteiger partial charge >= 0.3 is 0 Å². The average Bonchev–Trinajstić information content (AvgIpc) is 2.94. The van der Waals surface area contributed by atoms with Gasteiger partial charge in [-0.3, -0.25) is 13.9 Å². The number of ether oxygens (including phenoxy) is 1. The average molecular weight is 566 g/mol. The molecule has 3 aromatic carbocycles. The maximum atomic E-state index is 13.9. The van der Waals surface area contributed by atoms with E-state index in [1.807, 2.05) is 52.0 Å². The Bertz CT molecular complexity index is 1390. The van der Waals surface area contributed by atoms with Gasteiger partial charge in [0.05, 0.1) is 17.7 Å². The van der Waals surface area contributed by atoms with Crippen LogP contribution in [0.25, 0.3) is 0 Å². The van der Waals surface area contributed by atoms with Crippen molar-refractivity contribution >= 4 is 27.5 Å². The summed E-state index contributed by atoms with van der Waals surface area (Å²) < 4.78 is 34.0. The van der Waals surface area contributed by atoms with Gasteiger partial charge in [-0.15, -0.1) is 0 Å². The number of hydrogen-bond acceptors (Lipinski definition) is 5. The molecule has 1 N–H and O–H groups in total.